The van der Waals surface area contributed by atoms with Crippen molar-refractivity contribution in [2.24, 2.45) is 0 Å². The minimum absolute atomic E-state index is 0.0790. The fourth-order valence-electron chi connectivity index (χ4n) is 2.45. The van der Waals surface area contributed by atoms with E-state index in [0.717, 1.165) is 12.8 Å². The van der Waals surface area contributed by atoms with Crippen molar-refractivity contribution >= 4 is 35.1 Å². The van der Waals surface area contributed by atoms with Gasteiger partial charge in [0.2, 0.25) is 0 Å². The van der Waals surface area contributed by atoms with Crippen molar-refractivity contribution in [3.05, 3.63) is 35.4 Å². The van der Waals surface area contributed by atoms with Crippen molar-refractivity contribution in [3.63, 3.8) is 0 Å². The van der Waals surface area contributed by atoms with Gasteiger partial charge in [-0.2, -0.15) is 0 Å². The molecule has 0 aliphatic heterocycles. The van der Waals surface area contributed by atoms with Gasteiger partial charge < -0.3 is 9.47 Å². The van der Waals surface area contributed by atoms with E-state index in [4.69, 9.17) is 32.7 Å². The molecule has 146 valence electrons. The van der Waals surface area contributed by atoms with Crippen LogP contribution in [0.1, 0.15) is 79.0 Å². The van der Waals surface area contributed by atoms with Gasteiger partial charge in [-0.05, 0) is 30.7 Å². The number of rotatable bonds is 13. The first kappa shape index (κ1) is 22.8. The van der Waals surface area contributed by atoms with E-state index in [9.17, 15) is 9.59 Å². The summed E-state index contributed by atoms with van der Waals surface area (Å²) < 4.78 is 10.2. The Labute approximate surface area is 166 Å². The van der Waals surface area contributed by atoms with Gasteiger partial charge in [-0.1, -0.05) is 51.9 Å². The third-order valence-corrected chi connectivity index (χ3v) is 4.18. The summed E-state index contributed by atoms with van der Waals surface area (Å²) in [4.78, 5) is 22.9. The number of carbonyl (C=O) groups excluding carboxylic acids is 2. The summed E-state index contributed by atoms with van der Waals surface area (Å²) in [6.07, 6.45) is 9.57. The molecule has 0 spiro atoms. The highest BCUT2D eigenvalue weighted by Gasteiger charge is 2.12. The lowest BCUT2D eigenvalue weighted by Crippen LogP contribution is -2.11. The fraction of sp³-hybridized carbons (Fsp3) is 0.600. The highest BCUT2D eigenvalue weighted by atomic mass is 35.5. The lowest BCUT2D eigenvalue weighted by atomic mass is 10.1. The molecule has 0 bridgehead atoms. The highest BCUT2D eigenvalue weighted by molar-refractivity contribution is 6.44. The molecule has 1 aromatic rings. The van der Waals surface area contributed by atoms with Crippen LogP contribution in [0.2, 0.25) is 0 Å². The van der Waals surface area contributed by atoms with Crippen molar-refractivity contribution in [2.45, 2.75) is 63.1 Å². The zero-order chi connectivity index (χ0) is 19.2. The lowest BCUT2D eigenvalue weighted by Gasteiger charge is -2.07. The summed E-state index contributed by atoms with van der Waals surface area (Å²) in [6.45, 7) is 2.56. The summed E-state index contributed by atoms with van der Waals surface area (Å²) in [5.41, 5.74) is 0.743. The monoisotopic (exact) mass is 402 g/mol. The van der Waals surface area contributed by atoms with E-state index in [1.54, 1.807) is 12.1 Å². The van der Waals surface area contributed by atoms with E-state index < -0.39 is 10.8 Å². The number of esters is 2. The maximum absolute atomic E-state index is 12.0. The lowest BCUT2D eigenvalue weighted by molar-refractivity contribution is 0.0490. The second-order valence-corrected chi connectivity index (χ2v) is 7.45. The second-order valence-electron chi connectivity index (χ2n) is 6.18. The Kier molecular flexibility index (Phi) is 12.2. The van der Waals surface area contributed by atoms with Crippen LogP contribution >= 0.6 is 23.2 Å². The molecule has 1 rings (SSSR count). The van der Waals surface area contributed by atoms with Gasteiger partial charge in [0.25, 0.3) is 0 Å². The second kappa shape index (κ2) is 13.9. The summed E-state index contributed by atoms with van der Waals surface area (Å²) in [5, 5.41) is 0. The summed E-state index contributed by atoms with van der Waals surface area (Å²) in [7, 11) is 0. The van der Waals surface area contributed by atoms with Crippen LogP contribution in [0, 0.1) is 0 Å². The van der Waals surface area contributed by atoms with E-state index in [0.29, 0.717) is 17.7 Å². The fourth-order valence-corrected chi connectivity index (χ4v) is 2.57. The smallest absolute Gasteiger partial charge is 0.338 e. The topological polar surface area (TPSA) is 52.6 Å². The number of ether oxygens (including phenoxy) is 2. The van der Waals surface area contributed by atoms with Crippen molar-refractivity contribution in [1.29, 1.82) is 0 Å². The van der Waals surface area contributed by atoms with E-state index >= 15 is 0 Å². The van der Waals surface area contributed by atoms with Crippen molar-refractivity contribution in [1.82, 2.24) is 0 Å². The molecule has 0 fully saturated rings. The van der Waals surface area contributed by atoms with E-state index in [1.165, 1.54) is 50.7 Å². The average molecular weight is 403 g/mol. The van der Waals surface area contributed by atoms with Crippen LogP contribution in [-0.4, -0.2) is 30.0 Å². The zero-order valence-electron chi connectivity index (χ0n) is 15.3. The van der Waals surface area contributed by atoms with Crippen LogP contribution < -0.4 is 0 Å². The normalized spacial score (nSPS) is 10.8. The van der Waals surface area contributed by atoms with Crippen LogP contribution in [0.25, 0.3) is 0 Å². The molecule has 0 radical (unpaired) electrons. The van der Waals surface area contributed by atoms with E-state index in [2.05, 4.69) is 6.92 Å². The van der Waals surface area contributed by atoms with Gasteiger partial charge in [0.05, 0.1) is 17.7 Å². The third kappa shape index (κ3) is 10.0. The first-order valence-corrected chi connectivity index (χ1v) is 10.1. The molecule has 0 N–H and O–H groups in total. The Balaban J connectivity index is 2.21. The molecule has 4 nitrogen and oxygen atoms in total. The number of halogens is 2. The number of alkyl halides is 2. The Morgan fingerprint density at radius 3 is 1.77 bits per heavy atom. The number of unbranched alkanes of at least 4 members (excludes halogenated alkanes) is 7. The van der Waals surface area contributed by atoms with Gasteiger partial charge in [-0.25, -0.2) is 9.59 Å². The van der Waals surface area contributed by atoms with Gasteiger partial charge in [0, 0.05) is 0 Å². The first-order valence-electron chi connectivity index (χ1n) is 9.27. The van der Waals surface area contributed by atoms with Gasteiger partial charge in [-0.3, -0.25) is 0 Å². The maximum Gasteiger partial charge on any atom is 0.338 e. The van der Waals surface area contributed by atoms with Crippen LogP contribution in [0.3, 0.4) is 0 Å². The number of hydrogen-bond donors (Lipinski definition) is 0. The molecule has 0 aromatic heterocycles. The Morgan fingerprint density at radius 1 is 0.808 bits per heavy atom. The Bertz CT molecular complexity index is 529. The summed E-state index contributed by atoms with van der Waals surface area (Å²) in [5.74, 6) is -0.912. The average Bonchev–Trinajstić information content (AvgIpc) is 2.64. The third-order valence-electron chi connectivity index (χ3n) is 3.93. The molecule has 1 aromatic carbocycles. The van der Waals surface area contributed by atoms with Gasteiger partial charge in [0.1, 0.15) is 11.4 Å². The van der Waals surface area contributed by atoms with Crippen molar-refractivity contribution in [2.75, 3.05) is 13.2 Å². The molecule has 6 heteroatoms. The van der Waals surface area contributed by atoms with Crippen LogP contribution in [0.15, 0.2) is 24.3 Å². The van der Waals surface area contributed by atoms with Crippen LogP contribution in [-0.2, 0) is 9.47 Å². The predicted molar refractivity (Wildman–Crippen MR) is 105 cm³/mol. The quantitative estimate of drug-likeness (QED) is 0.232. The minimum Gasteiger partial charge on any atom is -0.462 e. The SMILES string of the molecule is CCCCCCCCCCOC(=O)c1ccc(C(=O)OCC(Cl)Cl)cc1. The molecule has 0 saturated heterocycles. The predicted octanol–water partition coefficient (Wildman–Crippen LogP) is 5.94. The minimum atomic E-state index is -0.760. The Morgan fingerprint density at radius 2 is 1.27 bits per heavy atom. The molecular formula is C20H28Cl2O4. The maximum atomic E-state index is 12.0. The molecule has 0 aliphatic carbocycles. The standard InChI is InChI=1S/C20H28Cl2O4/c1-2-3-4-5-6-7-8-9-14-25-19(23)16-10-12-17(13-11-16)20(24)26-15-18(21)22/h10-13,18H,2-9,14-15H2,1H3. The van der Waals surface area contributed by atoms with Crippen molar-refractivity contribution in [3.8, 4) is 0 Å². The summed E-state index contributed by atoms with van der Waals surface area (Å²) >= 11 is 11.0. The van der Waals surface area contributed by atoms with Crippen molar-refractivity contribution < 1.29 is 19.1 Å². The van der Waals surface area contributed by atoms with Crippen LogP contribution in [0.5, 0.6) is 0 Å². The zero-order valence-corrected chi connectivity index (χ0v) is 16.9. The molecule has 0 aliphatic rings. The molecule has 0 heterocycles. The van der Waals surface area contributed by atoms with E-state index in [1.807, 2.05) is 0 Å². The molecule has 0 saturated carbocycles. The highest BCUT2D eigenvalue weighted by Crippen LogP contribution is 2.11. The molecule has 26 heavy (non-hydrogen) atoms. The first-order chi connectivity index (χ1) is 12.5. The number of hydrogen-bond acceptors (Lipinski definition) is 4. The molecule has 0 amide bonds. The summed E-state index contributed by atoms with van der Waals surface area (Å²) in [6, 6.07) is 6.14. The number of carbonyl (C=O) groups is 2. The molecule has 0 atom stereocenters. The molecular weight excluding hydrogens is 375 g/mol. The van der Waals surface area contributed by atoms with Gasteiger partial charge >= 0.3 is 11.9 Å². The Hall–Kier alpha value is -1.26. The van der Waals surface area contributed by atoms with Gasteiger partial charge in [0.15, 0.2) is 0 Å². The number of benzene rings is 1. The molecule has 0 unspecified atom stereocenters. The van der Waals surface area contributed by atoms with E-state index in [-0.39, 0.29) is 12.6 Å². The largest absolute Gasteiger partial charge is 0.462 e. The van der Waals surface area contributed by atoms with Crippen LogP contribution in [0.4, 0.5) is 0 Å². The van der Waals surface area contributed by atoms with Gasteiger partial charge in [-0.15, -0.1) is 23.2 Å².